The summed E-state index contributed by atoms with van der Waals surface area (Å²) < 4.78 is 42.3. The number of hydrogen-bond acceptors (Lipinski definition) is 1. The van der Waals surface area contributed by atoms with E-state index in [-0.39, 0.29) is 17.4 Å². The molecule has 0 saturated heterocycles. The van der Waals surface area contributed by atoms with Gasteiger partial charge < -0.3 is 4.74 Å². The van der Waals surface area contributed by atoms with Crippen molar-refractivity contribution in [1.29, 1.82) is 0 Å². The summed E-state index contributed by atoms with van der Waals surface area (Å²) in [6.45, 7) is 32.6. The summed E-state index contributed by atoms with van der Waals surface area (Å²) in [5, 5.41) is 0. The molecular formula is C14H14CrO6. The van der Waals surface area contributed by atoms with Gasteiger partial charge in [0.1, 0.15) is 6.61 Å². The Kier molecular flexibility index (Phi) is 201. The van der Waals surface area contributed by atoms with Crippen LogP contribution in [0.4, 0.5) is 0 Å². The summed E-state index contributed by atoms with van der Waals surface area (Å²) >= 11 is 0. The molecule has 0 rings (SSSR count). The van der Waals surface area contributed by atoms with E-state index in [2.05, 4.69) is 53.0 Å². The van der Waals surface area contributed by atoms with Crippen molar-refractivity contribution in [3.05, 3.63) is 65.2 Å². The van der Waals surface area contributed by atoms with Gasteiger partial charge in [0.05, 0.1) is 0 Å². The van der Waals surface area contributed by atoms with Crippen LogP contribution in [0.5, 0.6) is 0 Å². The molecule has 6 nitrogen and oxygen atoms in total. The zero-order chi connectivity index (χ0) is 17.8. The molecule has 112 valence electrons. The van der Waals surface area contributed by atoms with E-state index in [0.717, 1.165) is 12.8 Å². The van der Waals surface area contributed by atoms with Gasteiger partial charge in [0.15, 0.2) is 0 Å². The fourth-order valence-electron chi connectivity index (χ4n) is 0.761. The van der Waals surface area contributed by atoms with Crippen LogP contribution in [0.25, 0.3) is 0 Å². The fraction of sp³-hybridized carbons (Fsp3) is 0.286. The van der Waals surface area contributed by atoms with Crippen LogP contribution < -0.4 is 0 Å². The number of allylic oxidation sites excluding steroid dienone is 2. The first-order chi connectivity index (χ1) is 9.85. The van der Waals surface area contributed by atoms with E-state index >= 15 is 0 Å². The van der Waals surface area contributed by atoms with E-state index in [0.29, 0.717) is 5.92 Å². The zero-order valence-electron chi connectivity index (χ0n) is 11.4. The minimum atomic E-state index is 0. The summed E-state index contributed by atoms with van der Waals surface area (Å²) in [4.78, 5) is 0. The molecule has 21 heavy (non-hydrogen) atoms. The van der Waals surface area contributed by atoms with Crippen molar-refractivity contribution in [2.24, 2.45) is 5.92 Å². The van der Waals surface area contributed by atoms with Crippen LogP contribution in [0.1, 0.15) is 12.8 Å². The third kappa shape index (κ3) is 88.2. The average Bonchev–Trinajstić information content (AvgIpc) is 2.58. The van der Waals surface area contributed by atoms with Crippen LogP contribution in [0.3, 0.4) is 0 Å². The monoisotopic (exact) mass is 330 g/mol. The van der Waals surface area contributed by atoms with E-state index in [1.165, 1.54) is 0 Å². The number of methoxy groups -OCH3 is 1. The molecule has 0 aromatic rings. The van der Waals surface area contributed by atoms with Crippen molar-refractivity contribution in [2.45, 2.75) is 12.8 Å². The molecule has 0 unspecified atom stereocenters. The maximum Gasteiger partial charge on any atom is 0 e. The Morgan fingerprint density at radius 3 is 1.24 bits per heavy atom. The summed E-state index contributed by atoms with van der Waals surface area (Å²) in [5.74, 6) is 0.319. The minimum absolute atomic E-state index is 0. The van der Waals surface area contributed by atoms with E-state index in [4.69, 9.17) is 28.0 Å². The first-order valence-corrected chi connectivity index (χ1v) is 4.37. The summed E-state index contributed by atoms with van der Waals surface area (Å²) in [6, 6.07) is 0. The molecule has 0 aromatic carbocycles. The van der Waals surface area contributed by atoms with Crippen molar-refractivity contribution >= 4 is 0 Å². The molecule has 0 bridgehead atoms. The van der Waals surface area contributed by atoms with E-state index in [1.54, 1.807) is 7.11 Å². The molecule has 0 saturated carbocycles. The zero-order valence-corrected chi connectivity index (χ0v) is 12.7. The van der Waals surface area contributed by atoms with Gasteiger partial charge in [0.25, 0.3) is 0 Å². The van der Waals surface area contributed by atoms with Gasteiger partial charge in [0, 0.05) is 30.4 Å². The Hall–Kier alpha value is -1.33. The SMILES string of the molecule is C=CCC([C]OC)CC=C.[C-]#[O+].[C-]#[O+].[C-]#[O+].[C-]#[O+].[C-]#[O+].[Cr]. The maximum atomic E-state index is 7.50. The molecule has 0 N–H and O–H groups in total. The second-order valence-corrected chi connectivity index (χ2v) is 2.07. The van der Waals surface area contributed by atoms with Gasteiger partial charge in [-0.3, -0.25) is 0 Å². The van der Waals surface area contributed by atoms with Crippen LogP contribution in [0.15, 0.2) is 25.3 Å². The van der Waals surface area contributed by atoms with Gasteiger partial charge in [0.2, 0.25) is 0 Å². The Balaban J connectivity index is -0.0000000303. The van der Waals surface area contributed by atoms with Crippen molar-refractivity contribution in [1.82, 2.24) is 0 Å². The van der Waals surface area contributed by atoms with Gasteiger partial charge >= 0.3 is 56.5 Å². The normalized spacial score (nSPS) is 5.14. The van der Waals surface area contributed by atoms with Crippen LogP contribution in [-0.2, 0) is 45.4 Å². The Labute approximate surface area is 137 Å². The molecule has 0 atom stereocenters. The fourth-order valence-corrected chi connectivity index (χ4v) is 0.761. The topological polar surface area (TPSA) is 109 Å². The quantitative estimate of drug-likeness (QED) is 0.415. The third-order valence-corrected chi connectivity index (χ3v) is 1.19. The predicted octanol–water partition coefficient (Wildman–Crippen LogP) is 2.25. The second kappa shape index (κ2) is 99.1. The number of hydrogen-bond donors (Lipinski definition) is 0. The number of ether oxygens (including phenoxy) is 1. The molecule has 2 radical (unpaired) electrons. The molecule has 0 aromatic heterocycles. The predicted molar refractivity (Wildman–Crippen MR) is 63.0 cm³/mol. The Morgan fingerprint density at radius 1 is 0.857 bits per heavy atom. The molecule has 0 spiro atoms. The van der Waals surface area contributed by atoms with Crippen molar-refractivity contribution in [3.63, 3.8) is 0 Å². The second-order valence-electron chi connectivity index (χ2n) is 2.07. The molecule has 0 heterocycles. The molecule has 0 amide bonds. The van der Waals surface area contributed by atoms with Crippen molar-refractivity contribution in [3.8, 4) is 0 Å². The van der Waals surface area contributed by atoms with E-state index < -0.39 is 0 Å². The van der Waals surface area contributed by atoms with E-state index in [9.17, 15) is 0 Å². The van der Waals surface area contributed by atoms with Gasteiger partial charge in [-0.05, 0) is 12.8 Å². The largest absolute Gasteiger partial charge is 0 e. The Bertz CT molecular complexity index is 220. The number of rotatable bonds is 6. The average molecular weight is 330 g/mol. The van der Waals surface area contributed by atoms with Crippen LogP contribution >= 0.6 is 0 Å². The van der Waals surface area contributed by atoms with Crippen LogP contribution in [0, 0.1) is 45.8 Å². The molecule has 0 aliphatic heterocycles. The third-order valence-electron chi connectivity index (χ3n) is 1.19. The Morgan fingerprint density at radius 2 is 1.10 bits per heavy atom. The van der Waals surface area contributed by atoms with Gasteiger partial charge in [-0.1, -0.05) is 12.2 Å². The van der Waals surface area contributed by atoms with Crippen molar-refractivity contribution < 1.29 is 45.4 Å². The van der Waals surface area contributed by atoms with E-state index in [1.807, 2.05) is 12.2 Å². The molecule has 7 heteroatoms. The molecular weight excluding hydrogens is 316 g/mol. The summed E-state index contributed by atoms with van der Waals surface area (Å²) in [7, 11) is 1.61. The maximum absolute atomic E-state index is 7.50. The summed E-state index contributed by atoms with van der Waals surface area (Å²) in [6.07, 6.45) is 5.53. The molecule has 0 aliphatic rings. The van der Waals surface area contributed by atoms with Gasteiger partial charge in [-0.15, -0.1) is 13.2 Å². The van der Waals surface area contributed by atoms with Gasteiger partial charge in [-0.2, -0.15) is 0 Å². The van der Waals surface area contributed by atoms with Crippen LogP contribution in [-0.4, -0.2) is 7.11 Å². The smallest absolute Gasteiger partial charge is 0 e. The summed E-state index contributed by atoms with van der Waals surface area (Å²) in [5.41, 5.74) is 0. The van der Waals surface area contributed by atoms with Crippen molar-refractivity contribution in [2.75, 3.05) is 7.11 Å². The standard InChI is InChI=1S/C9H14O.5CO.Cr/c1-4-6-9(7-5-2)8-10-3;5*1-2;/h4-5,9H,1-2,6-7H2,3H3;;;;;;. The molecule has 0 fully saturated rings. The molecule has 0 aliphatic carbocycles. The van der Waals surface area contributed by atoms with Crippen LogP contribution in [0.2, 0.25) is 0 Å². The first-order valence-electron chi connectivity index (χ1n) is 4.37. The first kappa shape index (κ1) is 42.7. The van der Waals surface area contributed by atoms with Gasteiger partial charge in [-0.25, -0.2) is 0 Å². The minimum Gasteiger partial charge on any atom is 0 e.